The van der Waals surface area contributed by atoms with E-state index in [1.807, 2.05) is 13.8 Å². The molecule has 1 saturated heterocycles. The van der Waals surface area contributed by atoms with Gasteiger partial charge in [0, 0.05) is 13.0 Å². The molecule has 20 heteroatoms. The Labute approximate surface area is 314 Å². The smallest absolute Gasteiger partial charge is 0.326 e. The minimum absolute atomic E-state index is 0.0299. The Bertz CT molecular complexity index is 1370. The van der Waals surface area contributed by atoms with Crippen LogP contribution in [0.2, 0.25) is 0 Å². The molecule has 0 saturated carbocycles. The number of hydrogen-bond acceptors (Lipinski definition) is 11. The van der Waals surface area contributed by atoms with Gasteiger partial charge in [-0.15, -0.1) is 0 Å². The van der Waals surface area contributed by atoms with E-state index in [-0.39, 0.29) is 50.5 Å². The molecule has 0 spiro atoms. The highest BCUT2D eigenvalue weighted by Gasteiger charge is 2.40. The fourth-order valence-electron chi connectivity index (χ4n) is 5.82. The van der Waals surface area contributed by atoms with Crippen LogP contribution in [0.3, 0.4) is 0 Å². The van der Waals surface area contributed by atoms with Crippen molar-refractivity contribution in [1.82, 2.24) is 31.5 Å². The lowest BCUT2D eigenvalue weighted by molar-refractivity contribution is -0.145. The van der Waals surface area contributed by atoms with Gasteiger partial charge in [-0.3, -0.25) is 38.4 Å². The van der Waals surface area contributed by atoms with Gasteiger partial charge in [-0.05, 0) is 49.9 Å². The third-order valence-electron chi connectivity index (χ3n) is 8.61. The molecule has 8 amide bonds. The fourth-order valence-corrected chi connectivity index (χ4v) is 5.82. The van der Waals surface area contributed by atoms with Crippen LogP contribution >= 0.6 is 0 Å². The zero-order valence-corrected chi connectivity index (χ0v) is 31.9. The highest BCUT2D eigenvalue weighted by molar-refractivity contribution is 5.97. The Morgan fingerprint density at radius 3 is 1.74 bits per heavy atom. The van der Waals surface area contributed by atoms with Gasteiger partial charge in [0.1, 0.15) is 36.3 Å². The fraction of sp³-hybridized carbons (Fsp3) is 0.735. The summed E-state index contributed by atoms with van der Waals surface area (Å²) in [5.74, 6) is -8.55. The number of nitrogens with one attached hydrogen (secondary N) is 5. The number of rotatable bonds is 23. The Morgan fingerprint density at radius 1 is 0.704 bits per heavy atom. The molecule has 1 rings (SSSR count). The number of carbonyl (C=O) groups excluding carboxylic acids is 8. The lowest BCUT2D eigenvalue weighted by Crippen LogP contribution is -2.61. The largest absolute Gasteiger partial charge is 0.480 e. The summed E-state index contributed by atoms with van der Waals surface area (Å²) >= 11 is 0. The van der Waals surface area contributed by atoms with E-state index in [4.69, 9.17) is 17.2 Å². The van der Waals surface area contributed by atoms with E-state index in [0.717, 1.165) is 0 Å². The van der Waals surface area contributed by atoms with Crippen LogP contribution in [0.5, 0.6) is 0 Å². The highest BCUT2D eigenvalue weighted by Crippen LogP contribution is 2.21. The van der Waals surface area contributed by atoms with Crippen molar-refractivity contribution in [3.63, 3.8) is 0 Å². The molecule has 54 heavy (non-hydrogen) atoms. The number of carboxylic acid groups (broad SMARTS) is 1. The maximum atomic E-state index is 13.8. The lowest BCUT2D eigenvalue weighted by atomic mass is 10.0. The van der Waals surface area contributed by atoms with Crippen LogP contribution in [0.4, 0.5) is 0 Å². The van der Waals surface area contributed by atoms with Crippen LogP contribution < -0.4 is 43.8 Å². The minimum atomic E-state index is -1.65. The number of likely N-dealkylation sites (tertiary alicyclic amines) is 1. The van der Waals surface area contributed by atoms with Gasteiger partial charge in [-0.1, -0.05) is 41.5 Å². The Balaban J connectivity index is 3.19. The summed E-state index contributed by atoms with van der Waals surface area (Å²) in [5.41, 5.74) is 16.1. The van der Waals surface area contributed by atoms with Crippen LogP contribution in [0.1, 0.15) is 86.5 Å². The number of aliphatic hydroxyl groups is 1. The van der Waals surface area contributed by atoms with Crippen molar-refractivity contribution in [2.45, 2.75) is 129 Å². The van der Waals surface area contributed by atoms with Crippen molar-refractivity contribution < 1.29 is 53.4 Å². The van der Waals surface area contributed by atoms with E-state index >= 15 is 0 Å². The van der Waals surface area contributed by atoms with Gasteiger partial charge in [-0.2, -0.15) is 0 Å². The molecule has 0 aromatic rings. The van der Waals surface area contributed by atoms with Crippen LogP contribution in [-0.4, -0.2) is 124 Å². The Morgan fingerprint density at radius 2 is 1.24 bits per heavy atom. The zero-order valence-electron chi connectivity index (χ0n) is 31.9. The van der Waals surface area contributed by atoms with Gasteiger partial charge in [0.05, 0.1) is 19.1 Å². The molecule has 0 aromatic carbocycles. The molecule has 7 atom stereocenters. The second-order valence-electron chi connectivity index (χ2n) is 14.7. The molecule has 1 heterocycles. The van der Waals surface area contributed by atoms with Crippen LogP contribution in [0.15, 0.2) is 0 Å². The second kappa shape index (κ2) is 22.4. The number of carbonyl (C=O) groups is 9. The number of primary amides is 2. The van der Waals surface area contributed by atoms with Gasteiger partial charge in [0.25, 0.3) is 0 Å². The van der Waals surface area contributed by atoms with Crippen LogP contribution in [0.25, 0.3) is 0 Å². The average molecular weight is 770 g/mol. The maximum Gasteiger partial charge on any atom is 0.326 e. The highest BCUT2D eigenvalue weighted by atomic mass is 16.4. The molecule has 306 valence electrons. The van der Waals surface area contributed by atoms with Gasteiger partial charge < -0.3 is 58.9 Å². The first-order valence-electron chi connectivity index (χ1n) is 18.1. The molecule has 0 aliphatic carbocycles. The van der Waals surface area contributed by atoms with Gasteiger partial charge >= 0.3 is 5.97 Å². The van der Waals surface area contributed by atoms with Gasteiger partial charge in [0.2, 0.25) is 47.3 Å². The summed E-state index contributed by atoms with van der Waals surface area (Å²) in [4.78, 5) is 116. The molecule has 13 N–H and O–H groups in total. The predicted molar refractivity (Wildman–Crippen MR) is 193 cm³/mol. The van der Waals surface area contributed by atoms with Crippen molar-refractivity contribution in [1.29, 1.82) is 0 Å². The first-order valence-corrected chi connectivity index (χ1v) is 18.1. The normalized spacial score (nSPS) is 17.5. The van der Waals surface area contributed by atoms with E-state index < -0.39 is 114 Å². The second-order valence-corrected chi connectivity index (χ2v) is 14.7. The monoisotopic (exact) mass is 769 g/mol. The summed E-state index contributed by atoms with van der Waals surface area (Å²) < 4.78 is 0. The first kappa shape index (κ1) is 47.2. The number of amides is 8. The first-order chi connectivity index (χ1) is 25.1. The number of nitrogens with zero attached hydrogens (tertiary/aromatic N) is 1. The summed E-state index contributed by atoms with van der Waals surface area (Å²) in [5, 5.41) is 31.9. The van der Waals surface area contributed by atoms with Crippen molar-refractivity contribution in [2.24, 2.45) is 35.0 Å². The average Bonchev–Trinajstić information content (AvgIpc) is 3.55. The summed E-state index contributed by atoms with van der Waals surface area (Å²) in [6, 6.07) is -9.11. The molecule has 1 aliphatic rings. The van der Waals surface area contributed by atoms with E-state index in [1.54, 1.807) is 27.7 Å². The third-order valence-corrected chi connectivity index (χ3v) is 8.61. The van der Waals surface area contributed by atoms with Gasteiger partial charge in [0.15, 0.2) is 0 Å². The standard InChI is InChI=1S/C34H59N9O11/c1-16(2)12-21(33(52)43-11-7-8-24(43)31(50)40-22(34(53)54)13-17(3)4)39-30(49)23(15-44)41-29(48)20(9-10-25(36)45)38-32(51)27(18(5)6)42-28(47)19(35)14-26(37)46/h16-24,27,44H,7-15,35H2,1-6H3,(H2,36,45)(H2,37,46)(H,38,51)(H,39,49)(H,40,50)(H,41,48)(H,42,47)(H,53,54)/t19-,20-,21-,22-,23-,24-,27-/m0/s1. The van der Waals surface area contributed by atoms with Crippen molar-refractivity contribution in [2.75, 3.05) is 13.2 Å². The van der Waals surface area contributed by atoms with Gasteiger partial charge in [-0.25, -0.2) is 4.79 Å². The molecule has 0 unspecified atom stereocenters. The molecular weight excluding hydrogens is 710 g/mol. The van der Waals surface area contributed by atoms with Crippen LogP contribution in [0, 0.1) is 17.8 Å². The van der Waals surface area contributed by atoms with Crippen molar-refractivity contribution >= 4 is 53.2 Å². The number of aliphatic carboxylic acids is 1. The summed E-state index contributed by atoms with van der Waals surface area (Å²) in [7, 11) is 0. The van der Waals surface area contributed by atoms with E-state index in [2.05, 4.69) is 26.6 Å². The SMILES string of the molecule is CC(C)C[C@H](NC(=O)[C@@H]1CCCN1C(=O)[C@H](CC(C)C)NC(=O)[C@H](CO)NC(=O)[C@H](CCC(N)=O)NC(=O)[C@@H](NC(=O)[C@@H](N)CC(N)=O)C(C)C)C(=O)O. The van der Waals surface area contributed by atoms with Crippen molar-refractivity contribution in [3.8, 4) is 0 Å². The van der Waals surface area contributed by atoms with Crippen LogP contribution in [-0.2, 0) is 43.2 Å². The Hall–Kier alpha value is -4.85. The van der Waals surface area contributed by atoms with E-state index in [9.17, 15) is 53.4 Å². The zero-order chi connectivity index (χ0) is 41.4. The summed E-state index contributed by atoms with van der Waals surface area (Å²) in [6.45, 7) is 9.59. The molecule has 20 nitrogen and oxygen atoms in total. The lowest BCUT2D eigenvalue weighted by Gasteiger charge is -2.31. The minimum Gasteiger partial charge on any atom is -0.480 e. The van der Waals surface area contributed by atoms with Crippen molar-refractivity contribution in [3.05, 3.63) is 0 Å². The topological polar surface area (TPSA) is 336 Å². The number of hydrogen-bond donors (Lipinski definition) is 10. The molecule has 1 fully saturated rings. The number of nitrogens with two attached hydrogens (primary N) is 3. The molecule has 0 bridgehead atoms. The summed E-state index contributed by atoms with van der Waals surface area (Å²) in [6.07, 6.45) is -0.204. The molecular formula is C34H59N9O11. The maximum absolute atomic E-state index is 13.8. The quantitative estimate of drug-likeness (QED) is 0.0489. The molecule has 0 aromatic heterocycles. The molecule has 0 radical (unpaired) electrons. The van der Waals surface area contributed by atoms with E-state index in [1.165, 1.54) is 4.90 Å². The van der Waals surface area contributed by atoms with E-state index in [0.29, 0.717) is 6.42 Å². The third kappa shape index (κ3) is 15.6. The Kier molecular flexibility index (Phi) is 19.6. The predicted octanol–water partition coefficient (Wildman–Crippen LogP) is -3.31. The number of carboxylic acids is 1. The molecule has 1 aliphatic heterocycles. The number of aliphatic hydroxyl groups excluding tert-OH is 1.